The Morgan fingerprint density at radius 1 is 0.407 bits per heavy atom. The van der Waals surface area contributed by atoms with E-state index in [2.05, 4.69) is 24.3 Å². The Balaban J connectivity index is 0.000000224. The number of nitrogens with zero attached hydrogens (tertiary/aromatic N) is 4. The third-order valence-corrected chi connectivity index (χ3v) is 13.4. The van der Waals surface area contributed by atoms with Crippen LogP contribution in [0.3, 0.4) is 0 Å². The van der Waals surface area contributed by atoms with Crippen LogP contribution in [-0.2, 0) is 0 Å². The number of ether oxygens (including phenoxy) is 4. The van der Waals surface area contributed by atoms with Crippen LogP contribution in [-0.4, -0.2) is 28.4 Å². The largest absolute Gasteiger partial charge is 0.494 e. The molecular weight excluding hydrogens is 817 g/mol. The number of nitrogen functional groups attached to an aromatic ring is 2. The minimum atomic E-state index is 0.140. The third-order valence-electron chi connectivity index (χ3n) is 8.44. The molecule has 0 aliphatic heterocycles. The van der Waals surface area contributed by atoms with Crippen LogP contribution in [0.5, 0.6) is 23.0 Å². The number of hydrogen-bond acceptors (Lipinski definition) is 14. The Hall–Kier alpha value is -6.52. The first-order valence-electron chi connectivity index (χ1n) is 17.4. The van der Waals surface area contributed by atoms with Crippen LogP contribution < -0.4 is 30.4 Å². The molecule has 0 saturated carbocycles. The van der Waals surface area contributed by atoms with Crippen molar-refractivity contribution in [2.24, 2.45) is 0 Å². The predicted molar refractivity (Wildman–Crippen MR) is 234 cm³/mol. The van der Waals surface area contributed by atoms with Crippen LogP contribution in [0.2, 0.25) is 0 Å². The average Bonchev–Trinajstić information content (AvgIpc) is 3.26. The highest BCUT2D eigenvalue weighted by molar-refractivity contribution is 8.03. The summed E-state index contributed by atoms with van der Waals surface area (Å²) in [6, 6.07) is 41.0. The topological polar surface area (TPSA) is 184 Å². The SMILES string of the molecule is COc1c(C#N)c(C#N)c(OC)c(Sc2ccccc2N)c1Sc1ccccc1.COc1c(C#N)c(C#N)c(OC)c(Sc2ccccc2N)c1Sc1ccccc1C. The zero-order valence-corrected chi connectivity index (χ0v) is 35.8. The van der Waals surface area contributed by atoms with E-state index in [1.54, 1.807) is 0 Å². The van der Waals surface area contributed by atoms with Gasteiger partial charge in [0.1, 0.15) is 46.5 Å². The molecule has 0 aliphatic rings. The van der Waals surface area contributed by atoms with Gasteiger partial charge in [-0.3, -0.25) is 0 Å². The lowest BCUT2D eigenvalue weighted by Crippen LogP contribution is -2.02. The van der Waals surface area contributed by atoms with Gasteiger partial charge in [-0.25, -0.2) is 0 Å². The smallest absolute Gasteiger partial charge is 0.153 e. The number of benzene rings is 6. The molecule has 0 amide bonds. The van der Waals surface area contributed by atoms with Crippen molar-refractivity contribution in [2.45, 2.75) is 46.1 Å². The normalized spacial score (nSPS) is 10.1. The maximum absolute atomic E-state index is 9.78. The standard InChI is InChI=1S/C23H19N3O2S2.C22H17N3O2S2/c1-14-8-4-6-10-18(14)29-22-20(27-2)15(12-24)16(13-25)21(28-3)23(22)30-19-11-7-5-9-17(19)26;1-26-19-15(12-23)16(13-24)20(27-2)22(29-18-11-7-6-10-17(18)25)21(19)28-14-8-4-3-5-9-14/h4-11H,26H2,1-3H3;3-11H,25H2,1-2H3. The number of nitrogens with two attached hydrogens (primary N) is 2. The van der Waals surface area contributed by atoms with Crippen molar-refractivity contribution in [2.75, 3.05) is 39.9 Å². The van der Waals surface area contributed by atoms with Crippen molar-refractivity contribution < 1.29 is 18.9 Å². The fraction of sp³-hybridized carbons (Fsp3) is 0.111. The molecule has 4 N–H and O–H groups in total. The van der Waals surface area contributed by atoms with E-state index in [9.17, 15) is 21.0 Å². The third kappa shape index (κ3) is 9.62. The Morgan fingerprint density at radius 3 is 1.05 bits per heavy atom. The summed E-state index contributed by atoms with van der Waals surface area (Å²) in [6.07, 6.45) is 0. The van der Waals surface area contributed by atoms with Gasteiger partial charge in [0.25, 0.3) is 0 Å². The van der Waals surface area contributed by atoms with Crippen LogP contribution in [0.25, 0.3) is 0 Å². The van der Waals surface area contributed by atoms with E-state index in [0.717, 1.165) is 25.1 Å². The molecule has 6 aromatic rings. The quantitative estimate of drug-likeness (QED) is 0.111. The molecule has 0 aromatic heterocycles. The van der Waals surface area contributed by atoms with Crippen molar-refractivity contribution in [3.8, 4) is 47.3 Å². The second-order valence-corrected chi connectivity index (χ2v) is 16.2. The molecule has 6 rings (SSSR count). The van der Waals surface area contributed by atoms with Gasteiger partial charge in [0, 0.05) is 31.0 Å². The molecule has 0 atom stereocenters. The van der Waals surface area contributed by atoms with E-state index in [1.807, 2.05) is 110 Å². The molecule has 14 heteroatoms. The molecular formula is C45H36N6O4S4. The zero-order valence-electron chi connectivity index (χ0n) is 32.5. The lowest BCUT2D eigenvalue weighted by Gasteiger charge is -2.20. The Labute approximate surface area is 360 Å². The molecule has 0 spiro atoms. The van der Waals surface area contributed by atoms with Crippen molar-refractivity contribution in [1.82, 2.24) is 0 Å². The van der Waals surface area contributed by atoms with Crippen LogP contribution >= 0.6 is 47.0 Å². The molecule has 0 radical (unpaired) electrons. The molecule has 0 unspecified atom stereocenters. The summed E-state index contributed by atoms with van der Waals surface area (Å²) in [7, 11) is 5.96. The number of hydrogen-bond donors (Lipinski definition) is 2. The summed E-state index contributed by atoms with van der Waals surface area (Å²) >= 11 is 5.67. The number of aryl methyl sites for hydroxylation is 1. The molecule has 10 nitrogen and oxygen atoms in total. The number of para-hydroxylation sites is 2. The van der Waals surface area contributed by atoms with Crippen molar-refractivity contribution in [1.29, 1.82) is 21.0 Å². The van der Waals surface area contributed by atoms with E-state index >= 15 is 0 Å². The summed E-state index contributed by atoms with van der Waals surface area (Å²) in [5.41, 5.74) is 15.2. The molecule has 0 saturated heterocycles. The van der Waals surface area contributed by atoms with E-state index < -0.39 is 0 Å². The van der Waals surface area contributed by atoms with Crippen molar-refractivity contribution in [3.05, 3.63) is 131 Å². The zero-order chi connectivity index (χ0) is 42.5. The van der Waals surface area contributed by atoms with Crippen molar-refractivity contribution in [3.63, 3.8) is 0 Å². The first-order valence-corrected chi connectivity index (χ1v) is 20.7. The predicted octanol–water partition coefficient (Wildman–Crippen LogP) is 11.0. The minimum Gasteiger partial charge on any atom is -0.494 e. The molecule has 0 aliphatic carbocycles. The van der Waals surface area contributed by atoms with E-state index in [0.29, 0.717) is 54.0 Å². The maximum Gasteiger partial charge on any atom is 0.153 e. The van der Waals surface area contributed by atoms with Crippen LogP contribution in [0.15, 0.2) is 142 Å². The fourth-order valence-electron chi connectivity index (χ4n) is 5.65. The van der Waals surface area contributed by atoms with Gasteiger partial charge in [-0.15, -0.1) is 0 Å². The van der Waals surface area contributed by atoms with Gasteiger partial charge in [-0.2, -0.15) is 21.0 Å². The summed E-state index contributed by atoms with van der Waals surface area (Å²) in [6.45, 7) is 2.02. The Bertz CT molecular complexity index is 2570. The van der Waals surface area contributed by atoms with Gasteiger partial charge in [0.15, 0.2) is 23.0 Å². The fourth-order valence-corrected chi connectivity index (χ4v) is 10.2. The highest BCUT2D eigenvalue weighted by Gasteiger charge is 2.29. The van der Waals surface area contributed by atoms with E-state index in [-0.39, 0.29) is 22.3 Å². The van der Waals surface area contributed by atoms with Gasteiger partial charge < -0.3 is 30.4 Å². The lowest BCUT2D eigenvalue weighted by molar-refractivity contribution is 0.382. The first-order chi connectivity index (χ1) is 28.7. The number of methoxy groups -OCH3 is 4. The van der Waals surface area contributed by atoms with Gasteiger partial charge in [-0.1, -0.05) is 108 Å². The van der Waals surface area contributed by atoms with Gasteiger partial charge in [0.05, 0.1) is 48.0 Å². The summed E-state index contributed by atoms with van der Waals surface area (Å²) in [4.78, 5) is 6.35. The van der Waals surface area contributed by atoms with E-state index in [1.165, 1.54) is 75.5 Å². The van der Waals surface area contributed by atoms with Crippen molar-refractivity contribution >= 4 is 58.4 Å². The molecule has 59 heavy (non-hydrogen) atoms. The molecule has 0 bridgehead atoms. The summed E-state index contributed by atoms with van der Waals surface area (Å²) in [5.74, 6) is 1.35. The summed E-state index contributed by atoms with van der Waals surface area (Å²) in [5, 5.41) is 39.0. The highest BCUT2D eigenvalue weighted by atomic mass is 32.2. The Morgan fingerprint density at radius 2 is 0.712 bits per heavy atom. The Kier molecular flexibility index (Phi) is 15.3. The lowest BCUT2D eigenvalue weighted by atomic mass is 10.1. The number of rotatable bonds is 12. The van der Waals surface area contributed by atoms with Gasteiger partial charge in [0.2, 0.25) is 0 Å². The maximum atomic E-state index is 9.78. The highest BCUT2D eigenvalue weighted by Crippen LogP contribution is 2.54. The average molecular weight is 853 g/mol. The van der Waals surface area contributed by atoms with Gasteiger partial charge in [-0.05, 0) is 55.0 Å². The second kappa shape index (κ2) is 20.8. The monoisotopic (exact) mass is 852 g/mol. The molecule has 6 aromatic carbocycles. The minimum absolute atomic E-state index is 0.140. The van der Waals surface area contributed by atoms with Crippen LogP contribution in [0.4, 0.5) is 11.4 Å². The summed E-state index contributed by atoms with van der Waals surface area (Å²) < 4.78 is 22.5. The molecule has 294 valence electrons. The number of anilines is 2. The van der Waals surface area contributed by atoms with Crippen LogP contribution in [0.1, 0.15) is 27.8 Å². The molecule has 0 heterocycles. The first kappa shape index (κ1) is 43.6. The van der Waals surface area contributed by atoms with Gasteiger partial charge >= 0.3 is 0 Å². The number of nitriles is 4. The van der Waals surface area contributed by atoms with E-state index in [4.69, 9.17) is 30.4 Å². The second-order valence-electron chi connectivity index (χ2n) is 12.0. The molecule has 0 fully saturated rings. The van der Waals surface area contributed by atoms with Crippen LogP contribution in [0, 0.1) is 52.2 Å².